The number of ether oxygens (including phenoxy) is 8. The van der Waals surface area contributed by atoms with Gasteiger partial charge in [0.2, 0.25) is 0 Å². The van der Waals surface area contributed by atoms with E-state index in [2.05, 4.69) is 98.3 Å². The molecule has 472 valence electrons. The van der Waals surface area contributed by atoms with Crippen molar-refractivity contribution in [2.24, 2.45) is 17.8 Å². The minimum Gasteiger partial charge on any atom is -0.469 e. The Morgan fingerprint density at radius 3 is 1.20 bits per heavy atom. The number of esters is 4. The number of aldehydes is 1. The van der Waals surface area contributed by atoms with Crippen LogP contribution in [0.1, 0.15) is 136 Å². The third kappa shape index (κ3) is 31.9. The highest BCUT2D eigenvalue weighted by Gasteiger charge is 2.35. The zero-order valence-electron chi connectivity index (χ0n) is 44.3. The topological polar surface area (TPSA) is 228 Å². The molecule has 0 spiro atoms. The van der Waals surface area contributed by atoms with Crippen LogP contribution in [0.3, 0.4) is 0 Å². The second-order valence-corrected chi connectivity index (χ2v) is 17.7. The maximum Gasteiger partial charge on any atom is 0.337 e. The minimum absolute atomic E-state index is 0. The molecule has 9 atom stereocenters. The van der Waals surface area contributed by atoms with Crippen molar-refractivity contribution >= 4 is 79.6 Å². The van der Waals surface area contributed by atoms with E-state index in [-0.39, 0.29) is 142 Å². The molecule has 7 rings (SSSR count). The second-order valence-electron chi connectivity index (χ2n) is 17.3. The molecule has 3 aromatic rings. The Kier molecular flexibility index (Phi) is 57.3. The summed E-state index contributed by atoms with van der Waals surface area (Å²) in [6.07, 6.45) is 3.94. The van der Waals surface area contributed by atoms with E-state index in [4.69, 9.17) is 42.2 Å². The Labute approximate surface area is 518 Å². The van der Waals surface area contributed by atoms with E-state index in [0.29, 0.717) is 64.8 Å². The largest absolute Gasteiger partial charge is 0.469 e. The molecule has 4 heterocycles. The van der Waals surface area contributed by atoms with Gasteiger partial charge in [-0.25, -0.2) is 4.79 Å². The molecule has 0 bridgehead atoms. The SMILES string of the molecule is Br.C.C.C.C.C.C.CC=O.COC(=O)C1=C(N[C@H](C)c2ccccc2)CCOC1.COC(=O)[C@H]1COCCC1N[C@@H](C)c1ccccc1.COC(=O)[C@H]1COCC[C@H]1NBr.COC(=O)[C@H]1COCC[C@H]1N[C@H](C)c1ccccc1.OBr.[HH].[HH]. The van der Waals surface area contributed by atoms with Gasteiger partial charge in [-0.05, 0) is 63.6 Å². The van der Waals surface area contributed by atoms with E-state index in [1.807, 2.05) is 70.9 Å². The molecule has 4 aliphatic rings. The van der Waals surface area contributed by atoms with Gasteiger partial charge in [0.05, 0.1) is 101 Å². The van der Waals surface area contributed by atoms with Crippen LogP contribution >= 0.6 is 49.4 Å². The molecule has 1 unspecified atom stereocenters. The number of nitrogens with one attached hydrogen (secondary N) is 4. The van der Waals surface area contributed by atoms with E-state index in [0.717, 1.165) is 31.2 Å². The van der Waals surface area contributed by atoms with Crippen molar-refractivity contribution in [2.75, 3.05) is 81.3 Å². The summed E-state index contributed by atoms with van der Waals surface area (Å²) in [5, 5.41) is 10.4. The van der Waals surface area contributed by atoms with Crippen LogP contribution in [0.2, 0.25) is 0 Å². The number of halogens is 3. The van der Waals surface area contributed by atoms with Gasteiger partial charge in [0.15, 0.2) is 0 Å². The molecule has 0 amide bonds. The molecule has 3 aromatic carbocycles. The van der Waals surface area contributed by atoms with E-state index in [9.17, 15) is 19.2 Å². The van der Waals surface area contributed by atoms with Crippen LogP contribution in [0.15, 0.2) is 102 Å². The van der Waals surface area contributed by atoms with Crippen molar-refractivity contribution in [3.8, 4) is 0 Å². The third-order valence-electron chi connectivity index (χ3n) is 12.5. The molecule has 18 nitrogen and oxygen atoms in total. The smallest absolute Gasteiger partial charge is 0.337 e. The Hall–Kier alpha value is -4.13. The van der Waals surface area contributed by atoms with Crippen LogP contribution in [0, 0.1) is 17.8 Å². The highest BCUT2D eigenvalue weighted by molar-refractivity contribution is 9.08. The van der Waals surface area contributed by atoms with Crippen LogP contribution in [0.25, 0.3) is 0 Å². The monoisotopic (exact) mass is 1340 g/mol. The van der Waals surface area contributed by atoms with Gasteiger partial charge < -0.3 is 62.8 Å². The summed E-state index contributed by atoms with van der Waals surface area (Å²) in [4.78, 5) is 55.2. The van der Waals surface area contributed by atoms with Gasteiger partial charge in [-0.1, -0.05) is 136 Å². The minimum atomic E-state index is -0.317. The van der Waals surface area contributed by atoms with Gasteiger partial charge in [0.1, 0.15) is 6.29 Å². The molecule has 0 aromatic heterocycles. The summed E-state index contributed by atoms with van der Waals surface area (Å²) in [6.45, 7) is 12.1. The number of hydrogen-bond donors (Lipinski definition) is 5. The molecule has 3 saturated heterocycles. The number of benzene rings is 3. The van der Waals surface area contributed by atoms with Crippen LogP contribution in [0.5, 0.6) is 0 Å². The molecule has 21 heteroatoms. The molecule has 81 heavy (non-hydrogen) atoms. The first-order chi connectivity index (χ1) is 35.9. The number of carbonyl (C=O) groups is 5. The fraction of sp³-hybridized carbons (Fsp3) is 0.583. The standard InChI is InChI=1S/2C15H21NO3.C15H19NO3.C7H12BrNO3.C2H4O.6CH4.BrHO.BrH.2H2/c3*1-11(12-6-4-3-5-7-12)16-14-8-9-19-10-13(14)15(17)18-2;1-11-7(10)5-4-12-3-2-6(5)9-8;1-2-3;;;;;;;1-2;;;/h2*3-7,11,13-14,16H,8-10H2,1-2H3;3-7,11,16H,8-10H2,1-2H3;5-6,9H,2-4H2,1H3;2H,1H3;6*1H4;2H;3*1H/t11-,13+,14-;11-,13-,14?;11-;5-,6+;;;;;;;;;;;/m1010.........../s1. The number of hydrogen-bond acceptors (Lipinski definition) is 18. The van der Waals surface area contributed by atoms with E-state index in [1.165, 1.54) is 52.1 Å². The Morgan fingerprint density at radius 1 is 0.556 bits per heavy atom. The van der Waals surface area contributed by atoms with Gasteiger partial charge in [-0.3, -0.25) is 18.7 Å². The van der Waals surface area contributed by atoms with Gasteiger partial charge in [0, 0.05) is 87.2 Å². The first kappa shape index (κ1) is 88.1. The van der Waals surface area contributed by atoms with Gasteiger partial charge in [-0.2, -0.15) is 0 Å². The number of methoxy groups -OCH3 is 4. The highest BCUT2D eigenvalue weighted by Crippen LogP contribution is 2.24. The quantitative estimate of drug-likeness (QED) is 0.0437. The van der Waals surface area contributed by atoms with E-state index >= 15 is 0 Å². The van der Waals surface area contributed by atoms with Gasteiger partial charge in [-0.15, -0.1) is 17.0 Å². The first-order valence-electron chi connectivity index (χ1n) is 24.6. The predicted molar refractivity (Wildman–Crippen MR) is 343 cm³/mol. The molecule has 0 aliphatic carbocycles. The number of carbonyl (C=O) groups excluding carboxylic acids is 5. The second kappa shape index (κ2) is 52.7. The fourth-order valence-electron chi connectivity index (χ4n) is 8.35. The van der Waals surface area contributed by atoms with E-state index in [1.54, 1.807) is 0 Å². The summed E-state index contributed by atoms with van der Waals surface area (Å²) in [5.41, 5.74) is 5.15. The average molecular weight is 1350 g/mol. The lowest BCUT2D eigenvalue weighted by atomic mass is 9.94. The average Bonchev–Trinajstić information content (AvgIpc) is 3.46. The number of rotatable bonds is 14. The summed E-state index contributed by atoms with van der Waals surface area (Å²) in [6, 6.07) is 31.5. The zero-order chi connectivity index (χ0) is 54.7. The Morgan fingerprint density at radius 2 is 0.877 bits per heavy atom. The van der Waals surface area contributed by atoms with Crippen LogP contribution in [0.4, 0.5) is 0 Å². The summed E-state index contributed by atoms with van der Waals surface area (Å²) < 4.78 is 50.1. The Balaban J connectivity index is -0.000000143. The zero-order valence-corrected chi connectivity index (χ0v) is 49.2. The highest BCUT2D eigenvalue weighted by atomic mass is 79.9. The van der Waals surface area contributed by atoms with Crippen LogP contribution in [-0.2, 0) is 61.9 Å². The molecular formula is C60H107Br3N4O14. The molecular weight excluding hydrogens is 1240 g/mol. The van der Waals surface area contributed by atoms with E-state index < -0.39 is 0 Å². The fourth-order valence-corrected chi connectivity index (χ4v) is 8.90. The summed E-state index contributed by atoms with van der Waals surface area (Å²) >= 11 is 5.07. The third-order valence-corrected chi connectivity index (χ3v) is 13.1. The molecule has 3 fully saturated rings. The Bertz CT molecular complexity index is 2000. The molecule has 0 radical (unpaired) electrons. The maximum absolute atomic E-state index is 11.8. The van der Waals surface area contributed by atoms with Crippen LogP contribution < -0.4 is 20.3 Å². The first-order valence-corrected chi connectivity index (χ1v) is 26.1. The lowest BCUT2D eigenvalue weighted by Crippen LogP contribution is -2.47. The van der Waals surface area contributed by atoms with Gasteiger partial charge in [0.25, 0.3) is 0 Å². The van der Waals surface area contributed by atoms with Crippen molar-refractivity contribution in [3.05, 3.63) is 119 Å². The van der Waals surface area contributed by atoms with Crippen molar-refractivity contribution < 1.29 is 68.9 Å². The van der Waals surface area contributed by atoms with Crippen LogP contribution in [-0.4, -0.2) is 134 Å². The molecule has 0 saturated carbocycles. The summed E-state index contributed by atoms with van der Waals surface area (Å²) in [5.74, 6) is -1.55. The van der Waals surface area contributed by atoms with Gasteiger partial charge >= 0.3 is 23.9 Å². The van der Waals surface area contributed by atoms with Crippen molar-refractivity contribution in [3.63, 3.8) is 0 Å². The molecule has 5 N–H and O–H groups in total. The predicted octanol–water partition coefficient (Wildman–Crippen LogP) is 11.9. The lowest BCUT2D eigenvalue weighted by molar-refractivity contribution is -0.152. The molecule has 4 aliphatic heterocycles. The maximum atomic E-state index is 11.8. The van der Waals surface area contributed by atoms with Crippen molar-refractivity contribution in [1.29, 1.82) is 0 Å². The lowest BCUT2D eigenvalue weighted by Gasteiger charge is -2.32. The van der Waals surface area contributed by atoms with Crippen molar-refractivity contribution in [2.45, 2.75) is 134 Å². The van der Waals surface area contributed by atoms with Crippen molar-refractivity contribution in [1.82, 2.24) is 20.3 Å². The normalized spacial score (nSPS) is 20.2. The summed E-state index contributed by atoms with van der Waals surface area (Å²) in [7, 11) is 5.63.